The van der Waals surface area contributed by atoms with E-state index in [1.165, 1.54) is 6.42 Å². The van der Waals surface area contributed by atoms with Crippen molar-refractivity contribution in [3.8, 4) is 0 Å². The van der Waals surface area contributed by atoms with Crippen LogP contribution in [0.3, 0.4) is 0 Å². The van der Waals surface area contributed by atoms with Crippen molar-refractivity contribution in [3.05, 3.63) is 0 Å². The average Bonchev–Trinajstić information content (AvgIpc) is 2.01. The van der Waals surface area contributed by atoms with E-state index >= 15 is 0 Å². The van der Waals surface area contributed by atoms with Gasteiger partial charge in [-0.25, -0.2) is 0 Å². The molecule has 0 saturated carbocycles. The van der Waals surface area contributed by atoms with Crippen LogP contribution in [0.2, 0.25) is 0 Å². The number of hydrogen-bond donors (Lipinski definition) is 2. The first-order valence-corrected chi connectivity index (χ1v) is 5.34. The zero-order chi connectivity index (χ0) is 10.3. The van der Waals surface area contributed by atoms with Crippen LogP contribution < -0.4 is 5.32 Å². The molecule has 0 spiro atoms. The predicted molar refractivity (Wildman–Crippen MR) is 57.9 cm³/mol. The second kappa shape index (κ2) is 6.39. The molecule has 0 heterocycles. The van der Waals surface area contributed by atoms with Gasteiger partial charge < -0.3 is 10.4 Å². The van der Waals surface area contributed by atoms with E-state index in [1.807, 2.05) is 0 Å². The Morgan fingerprint density at radius 1 is 1.31 bits per heavy atom. The highest BCUT2D eigenvalue weighted by molar-refractivity contribution is 4.68. The Morgan fingerprint density at radius 2 is 1.92 bits per heavy atom. The molecule has 0 aliphatic heterocycles. The second-order valence-corrected chi connectivity index (χ2v) is 4.88. The van der Waals surface area contributed by atoms with Gasteiger partial charge in [0.1, 0.15) is 0 Å². The Kier molecular flexibility index (Phi) is 6.35. The lowest BCUT2D eigenvalue weighted by atomic mass is 9.92. The molecule has 2 N–H and O–H groups in total. The van der Waals surface area contributed by atoms with Crippen molar-refractivity contribution >= 4 is 0 Å². The zero-order valence-corrected chi connectivity index (χ0v) is 9.56. The largest absolute Gasteiger partial charge is 0.396 e. The van der Waals surface area contributed by atoms with Gasteiger partial charge in [-0.05, 0) is 31.2 Å². The highest BCUT2D eigenvalue weighted by Gasteiger charge is 2.10. The maximum absolute atomic E-state index is 8.79. The molecule has 13 heavy (non-hydrogen) atoms. The van der Waals surface area contributed by atoms with Crippen LogP contribution in [0.5, 0.6) is 0 Å². The number of aliphatic hydroxyl groups excluding tert-OH is 1. The normalized spacial score (nSPS) is 14.5. The lowest BCUT2D eigenvalue weighted by Crippen LogP contribution is -2.31. The first kappa shape index (κ1) is 12.9. The van der Waals surface area contributed by atoms with Crippen LogP contribution in [0, 0.1) is 5.41 Å². The van der Waals surface area contributed by atoms with E-state index in [0.717, 1.165) is 19.4 Å². The lowest BCUT2D eigenvalue weighted by Gasteiger charge is -2.21. The molecule has 0 saturated heterocycles. The topological polar surface area (TPSA) is 32.3 Å². The van der Waals surface area contributed by atoms with Gasteiger partial charge >= 0.3 is 0 Å². The molecule has 0 fully saturated rings. The summed E-state index contributed by atoms with van der Waals surface area (Å²) in [7, 11) is 0. The molecule has 0 aliphatic rings. The minimum Gasteiger partial charge on any atom is -0.396 e. The first-order chi connectivity index (χ1) is 5.99. The number of hydrogen-bond acceptors (Lipinski definition) is 2. The van der Waals surface area contributed by atoms with Crippen LogP contribution in [0.15, 0.2) is 0 Å². The molecule has 2 nitrogen and oxygen atoms in total. The molecule has 0 amide bonds. The van der Waals surface area contributed by atoms with Crippen molar-refractivity contribution in [3.63, 3.8) is 0 Å². The third-order valence-corrected chi connectivity index (χ3v) is 2.28. The Hall–Kier alpha value is -0.0800. The van der Waals surface area contributed by atoms with Gasteiger partial charge in [-0.15, -0.1) is 0 Å². The van der Waals surface area contributed by atoms with Crippen molar-refractivity contribution in [2.45, 2.75) is 53.0 Å². The van der Waals surface area contributed by atoms with Crippen LogP contribution in [0.25, 0.3) is 0 Å². The van der Waals surface area contributed by atoms with Crippen molar-refractivity contribution in [1.29, 1.82) is 0 Å². The van der Waals surface area contributed by atoms with Crippen LogP contribution in [0.1, 0.15) is 47.0 Å². The summed E-state index contributed by atoms with van der Waals surface area (Å²) in [6, 6.07) is 0.493. The van der Waals surface area contributed by atoms with Gasteiger partial charge in [0, 0.05) is 12.6 Å². The number of nitrogens with one attached hydrogen (secondary N) is 1. The molecule has 0 radical (unpaired) electrons. The summed E-state index contributed by atoms with van der Waals surface area (Å²) in [5, 5.41) is 12.3. The Balaban J connectivity index is 3.49. The van der Waals surface area contributed by atoms with Gasteiger partial charge in [-0.3, -0.25) is 0 Å². The van der Waals surface area contributed by atoms with Gasteiger partial charge in [-0.2, -0.15) is 0 Å². The van der Waals surface area contributed by atoms with E-state index in [2.05, 4.69) is 33.0 Å². The van der Waals surface area contributed by atoms with Gasteiger partial charge in [0.05, 0.1) is 0 Å². The molecular formula is C11H25NO. The minimum absolute atomic E-state index is 0.293. The maximum Gasteiger partial charge on any atom is 0.0445 e. The number of rotatable bonds is 6. The summed E-state index contributed by atoms with van der Waals surface area (Å²) < 4.78 is 0. The smallest absolute Gasteiger partial charge is 0.0445 e. The van der Waals surface area contributed by atoms with Crippen LogP contribution in [0.4, 0.5) is 0 Å². The third-order valence-electron chi connectivity index (χ3n) is 2.28. The summed E-state index contributed by atoms with van der Waals surface area (Å²) in [5.41, 5.74) is 0.407. The fourth-order valence-electron chi connectivity index (χ4n) is 1.26. The summed E-state index contributed by atoms with van der Waals surface area (Å²) in [4.78, 5) is 0. The minimum atomic E-state index is 0.293. The van der Waals surface area contributed by atoms with Gasteiger partial charge in [0.2, 0.25) is 0 Å². The van der Waals surface area contributed by atoms with Gasteiger partial charge in [-0.1, -0.05) is 27.7 Å². The van der Waals surface area contributed by atoms with Crippen LogP contribution in [-0.4, -0.2) is 24.3 Å². The summed E-state index contributed by atoms with van der Waals surface area (Å²) in [5.74, 6) is 0. The van der Waals surface area contributed by atoms with Gasteiger partial charge in [0.15, 0.2) is 0 Å². The SMILES string of the molecule is CCC(CCO)NCCC(C)(C)C. The maximum atomic E-state index is 8.79. The van der Waals surface area contributed by atoms with E-state index in [9.17, 15) is 0 Å². The molecule has 0 aromatic rings. The third kappa shape index (κ3) is 8.26. The molecule has 2 heteroatoms. The first-order valence-electron chi connectivity index (χ1n) is 5.34. The van der Waals surface area contributed by atoms with Crippen LogP contribution >= 0.6 is 0 Å². The van der Waals surface area contributed by atoms with Crippen molar-refractivity contribution < 1.29 is 5.11 Å². The monoisotopic (exact) mass is 187 g/mol. The quantitative estimate of drug-likeness (QED) is 0.668. The Bertz CT molecular complexity index is 118. The fourth-order valence-corrected chi connectivity index (χ4v) is 1.26. The highest BCUT2D eigenvalue weighted by atomic mass is 16.3. The Morgan fingerprint density at radius 3 is 2.31 bits per heavy atom. The van der Waals surface area contributed by atoms with Crippen molar-refractivity contribution in [2.75, 3.05) is 13.2 Å². The van der Waals surface area contributed by atoms with E-state index in [1.54, 1.807) is 0 Å². The summed E-state index contributed by atoms with van der Waals surface area (Å²) in [6.07, 6.45) is 3.17. The molecular weight excluding hydrogens is 162 g/mol. The predicted octanol–water partition coefficient (Wildman–Crippen LogP) is 2.17. The van der Waals surface area contributed by atoms with Gasteiger partial charge in [0.25, 0.3) is 0 Å². The van der Waals surface area contributed by atoms with Crippen LogP contribution in [-0.2, 0) is 0 Å². The molecule has 80 valence electrons. The fraction of sp³-hybridized carbons (Fsp3) is 1.00. The second-order valence-electron chi connectivity index (χ2n) is 4.88. The summed E-state index contributed by atoms with van der Waals surface area (Å²) >= 11 is 0. The van der Waals surface area contributed by atoms with E-state index in [0.29, 0.717) is 18.1 Å². The average molecular weight is 187 g/mol. The van der Waals surface area contributed by atoms with E-state index < -0.39 is 0 Å². The highest BCUT2D eigenvalue weighted by Crippen LogP contribution is 2.17. The molecule has 1 atom stereocenters. The Labute approximate surface area is 82.7 Å². The molecule has 0 aliphatic carbocycles. The van der Waals surface area contributed by atoms with E-state index in [4.69, 9.17) is 5.11 Å². The molecule has 0 aromatic carbocycles. The molecule has 0 aromatic heterocycles. The van der Waals surface area contributed by atoms with Crippen molar-refractivity contribution in [1.82, 2.24) is 5.32 Å². The van der Waals surface area contributed by atoms with E-state index in [-0.39, 0.29) is 0 Å². The molecule has 0 rings (SSSR count). The number of aliphatic hydroxyl groups is 1. The standard InChI is InChI=1S/C11H25NO/c1-5-10(6-9-13)12-8-7-11(2,3)4/h10,12-13H,5-9H2,1-4H3. The summed E-state index contributed by atoms with van der Waals surface area (Å²) in [6.45, 7) is 10.3. The lowest BCUT2D eigenvalue weighted by molar-refractivity contribution is 0.257. The molecule has 0 bridgehead atoms. The van der Waals surface area contributed by atoms with Crippen molar-refractivity contribution in [2.24, 2.45) is 5.41 Å². The zero-order valence-electron chi connectivity index (χ0n) is 9.56. The molecule has 1 unspecified atom stereocenters.